The highest BCUT2D eigenvalue weighted by Gasteiger charge is 2.40. The van der Waals surface area contributed by atoms with E-state index in [0.29, 0.717) is 31.5 Å². The Morgan fingerprint density at radius 3 is 2.56 bits per heavy atom. The first-order chi connectivity index (χ1) is 12.9. The number of aliphatic hydroxyl groups is 1. The molecule has 2 aromatic heterocycles. The van der Waals surface area contributed by atoms with Gasteiger partial charge in [-0.1, -0.05) is 0 Å². The summed E-state index contributed by atoms with van der Waals surface area (Å²) in [5, 5.41) is 10.4. The van der Waals surface area contributed by atoms with Gasteiger partial charge in [0.1, 0.15) is 0 Å². The van der Waals surface area contributed by atoms with Crippen LogP contribution in [0, 0.1) is 5.92 Å². The second kappa shape index (κ2) is 7.07. The summed E-state index contributed by atoms with van der Waals surface area (Å²) in [5.41, 5.74) is 0.976. The summed E-state index contributed by atoms with van der Waals surface area (Å²) in [6.07, 6.45) is 1.39. The number of anilines is 1. The number of fused-ring (bicyclic) bond motifs is 1. The molecular formula is C19H21F3N4O. The van der Waals surface area contributed by atoms with E-state index in [0.717, 1.165) is 18.4 Å². The van der Waals surface area contributed by atoms with Crippen LogP contribution in [0.5, 0.6) is 0 Å². The molecule has 0 bridgehead atoms. The van der Waals surface area contributed by atoms with E-state index in [-0.39, 0.29) is 24.0 Å². The summed E-state index contributed by atoms with van der Waals surface area (Å²) in [6.45, 7) is 0.672. The molecule has 1 N–H and O–H groups in total. The quantitative estimate of drug-likeness (QED) is 0.890. The fraction of sp³-hybridized carbons (Fsp3) is 0.526. The molecule has 144 valence electrons. The zero-order valence-electron chi connectivity index (χ0n) is 14.8. The van der Waals surface area contributed by atoms with Crippen molar-refractivity contribution in [3.8, 4) is 0 Å². The van der Waals surface area contributed by atoms with E-state index >= 15 is 0 Å². The van der Waals surface area contributed by atoms with Crippen LogP contribution in [-0.4, -0.2) is 39.3 Å². The van der Waals surface area contributed by atoms with E-state index < -0.39 is 18.0 Å². The first-order valence-electron chi connectivity index (χ1n) is 9.20. The van der Waals surface area contributed by atoms with Crippen LogP contribution < -0.4 is 4.90 Å². The Hall–Kier alpha value is -2.22. The zero-order valence-corrected chi connectivity index (χ0v) is 14.8. The molecule has 0 radical (unpaired) electrons. The smallest absolute Gasteiger partial charge is 0.391 e. The van der Waals surface area contributed by atoms with Crippen molar-refractivity contribution in [2.75, 3.05) is 18.0 Å². The zero-order chi connectivity index (χ0) is 19.0. The van der Waals surface area contributed by atoms with Crippen LogP contribution in [0.15, 0.2) is 24.5 Å². The maximum atomic E-state index is 13.5. The Morgan fingerprint density at radius 2 is 1.81 bits per heavy atom. The predicted octanol–water partition coefficient (Wildman–Crippen LogP) is 2.81. The number of aryl methyl sites for hydroxylation is 1. The van der Waals surface area contributed by atoms with Gasteiger partial charge in [0.15, 0.2) is 5.69 Å². The standard InChI is InChI=1S/C19H21F3N4O/c20-19(21,22)17-14-3-1-2-4-15(14)24-18(25-17)26-10-13(16(27)11-26)9-12-5-7-23-8-6-12/h5-8,13,16,27H,1-4,9-11H2/t13-,16+/m1/s1. The molecule has 0 saturated carbocycles. The summed E-state index contributed by atoms with van der Waals surface area (Å²) in [4.78, 5) is 14.0. The van der Waals surface area contributed by atoms with Crippen LogP contribution in [0.2, 0.25) is 0 Å². The van der Waals surface area contributed by atoms with Gasteiger partial charge >= 0.3 is 6.18 Å². The number of alkyl halides is 3. The van der Waals surface area contributed by atoms with Gasteiger partial charge in [0.05, 0.1) is 6.10 Å². The van der Waals surface area contributed by atoms with Crippen LogP contribution in [-0.2, 0) is 25.4 Å². The van der Waals surface area contributed by atoms with Crippen LogP contribution >= 0.6 is 0 Å². The van der Waals surface area contributed by atoms with Crippen molar-refractivity contribution in [1.82, 2.24) is 15.0 Å². The Labute approximate surface area is 155 Å². The maximum absolute atomic E-state index is 13.5. The highest BCUT2D eigenvalue weighted by atomic mass is 19.4. The number of hydrogen-bond acceptors (Lipinski definition) is 5. The molecule has 1 fully saturated rings. The second-order valence-corrected chi connectivity index (χ2v) is 7.29. The molecule has 27 heavy (non-hydrogen) atoms. The lowest BCUT2D eigenvalue weighted by Crippen LogP contribution is -2.27. The Kier molecular flexibility index (Phi) is 4.75. The molecule has 0 amide bonds. The third-order valence-corrected chi connectivity index (χ3v) is 5.38. The molecular weight excluding hydrogens is 357 g/mol. The van der Waals surface area contributed by atoms with Gasteiger partial charge < -0.3 is 10.0 Å². The van der Waals surface area contributed by atoms with Crippen molar-refractivity contribution in [2.24, 2.45) is 5.92 Å². The largest absolute Gasteiger partial charge is 0.433 e. The monoisotopic (exact) mass is 378 g/mol. The number of halogens is 3. The van der Waals surface area contributed by atoms with Crippen molar-refractivity contribution in [3.05, 3.63) is 47.0 Å². The first kappa shape index (κ1) is 18.2. The molecule has 0 aromatic carbocycles. The van der Waals surface area contributed by atoms with Gasteiger partial charge in [-0.2, -0.15) is 13.2 Å². The molecule has 1 aliphatic heterocycles. The lowest BCUT2D eigenvalue weighted by atomic mass is 9.94. The summed E-state index contributed by atoms with van der Waals surface area (Å²) < 4.78 is 40.6. The summed E-state index contributed by atoms with van der Waals surface area (Å²) in [6, 6.07) is 3.76. The molecule has 0 spiro atoms. The van der Waals surface area contributed by atoms with Gasteiger partial charge in [-0.05, 0) is 49.8 Å². The third kappa shape index (κ3) is 3.76. The topological polar surface area (TPSA) is 62.1 Å². The van der Waals surface area contributed by atoms with Gasteiger partial charge in [-0.3, -0.25) is 4.98 Å². The van der Waals surface area contributed by atoms with Crippen LogP contribution in [0.4, 0.5) is 19.1 Å². The summed E-state index contributed by atoms with van der Waals surface area (Å²) >= 11 is 0. The molecule has 0 unspecified atom stereocenters. The highest BCUT2D eigenvalue weighted by Crippen LogP contribution is 2.36. The number of pyridine rings is 1. The molecule has 4 rings (SSSR count). The Bertz CT molecular complexity index is 813. The minimum Gasteiger partial charge on any atom is -0.391 e. The molecule has 3 heterocycles. The van der Waals surface area contributed by atoms with E-state index in [9.17, 15) is 18.3 Å². The van der Waals surface area contributed by atoms with Gasteiger partial charge in [0.25, 0.3) is 0 Å². The average molecular weight is 378 g/mol. The van der Waals surface area contributed by atoms with Crippen molar-refractivity contribution in [2.45, 2.75) is 44.4 Å². The number of nitrogens with zero attached hydrogens (tertiary/aromatic N) is 4. The van der Waals surface area contributed by atoms with E-state index in [1.165, 1.54) is 0 Å². The van der Waals surface area contributed by atoms with Gasteiger partial charge in [0, 0.05) is 42.7 Å². The summed E-state index contributed by atoms with van der Waals surface area (Å²) in [5.74, 6) is 0.000576. The van der Waals surface area contributed by atoms with E-state index in [4.69, 9.17) is 0 Å². The molecule has 2 atom stereocenters. The van der Waals surface area contributed by atoms with E-state index in [2.05, 4.69) is 15.0 Å². The van der Waals surface area contributed by atoms with E-state index in [1.807, 2.05) is 12.1 Å². The van der Waals surface area contributed by atoms with Gasteiger partial charge in [-0.15, -0.1) is 0 Å². The Balaban J connectivity index is 1.60. The molecule has 5 nitrogen and oxygen atoms in total. The molecule has 1 aliphatic carbocycles. The SMILES string of the molecule is O[C@H]1CN(c2nc3c(c(C(F)(F)F)n2)CCCC3)C[C@H]1Cc1ccncc1. The molecule has 2 aliphatic rings. The van der Waals surface area contributed by atoms with Crippen molar-refractivity contribution < 1.29 is 18.3 Å². The second-order valence-electron chi connectivity index (χ2n) is 7.29. The Morgan fingerprint density at radius 1 is 1.07 bits per heavy atom. The number of hydrogen-bond donors (Lipinski definition) is 1. The lowest BCUT2D eigenvalue weighted by Gasteiger charge is -2.23. The lowest BCUT2D eigenvalue weighted by molar-refractivity contribution is -0.142. The molecule has 8 heteroatoms. The van der Waals surface area contributed by atoms with Crippen LogP contribution in [0.25, 0.3) is 0 Å². The predicted molar refractivity (Wildman–Crippen MR) is 93.3 cm³/mol. The fourth-order valence-electron chi connectivity index (χ4n) is 4.00. The van der Waals surface area contributed by atoms with Crippen molar-refractivity contribution in [1.29, 1.82) is 0 Å². The number of aromatic nitrogens is 3. The van der Waals surface area contributed by atoms with Gasteiger partial charge in [0.2, 0.25) is 5.95 Å². The van der Waals surface area contributed by atoms with E-state index in [1.54, 1.807) is 17.3 Å². The molecule has 2 aromatic rings. The number of β-amino-alcohol motifs (C(OH)–C–C–N with tert-alkyl or cyclic N) is 1. The van der Waals surface area contributed by atoms with Gasteiger partial charge in [-0.25, -0.2) is 9.97 Å². The van der Waals surface area contributed by atoms with Crippen molar-refractivity contribution >= 4 is 5.95 Å². The van der Waals surface area contributed by atoms with Crippen LogP contribution in [0.1, 0.15) is 35.4 Å². The fourth-order valence-corrected chi connectivity index (χ4v) is 4.00. The normalized spacial score (nSPS) is 22.7. The van der Waals surface area contributed by atoms with Crippen molar-refractivity contribution in [3.63, 3.8) is 0 Å². The third-order valence-electron chi connectivity index (χ3n) is 5.38. The average Bonchev–Trinajstić information content (AvgIpc) is 3.01. The minimum absolute atomic E-state index is 0.0821. The molecule has 1 saturated heterocycles. The van der Waals surface area contributed by atoms with Crippen LogP contribution in [0.3, 0.4) is 0 Å². The number of rotatable bonds is 3. The highest BCUT2D eigenvalue weighted by molar-refractivity contribution is 5.41. The number of aliphatic hydroxyl groups excluding tert-OH is 1. The summed E-state index contributed by atoms with van der Waals surface area (Å²) in [7, 11) is 0. The maximum Gasteiger partial charge on any atom is 0.433 e. The first-order valence-corrected chi connectivity index (χ1v) is 9.20. The minimum atomic E-state index is -4.49.